The number of Topliss-reactive ketones (excluding diaryl/α,β-unsaturated/α-hetero) is 1. The van der Waals surface area contributed by atoms with E-state index in [4.69, 9.17) is 11.6 Å². The van der Waals surface area contributed by atoms with Crippen LogP contribution < -0.4 is 0 Å². The van der Waals surface area contributed by atoms with Gasteiger partial charge in [-0.25, -0.2) is 0 Å². The van der Waals surface area contributed by atoms with Crippen molar-refractivity contribution in [1.29, 1.82) is 0 Å². The number of nitrogens with zero attached hydrogens (tertiary/aromatic N) is 2. The zero-order valence-corrected chi connectivity index (χ0v) is 15.5. The Kier molecular flexibility index (Phi) is 6.42. The summed E-state index contributed by atoms with van der Waals surface area (Å²) in [4.78, 5) is 28.8. The zero-order valence-electron chi connectivity index (χ0n) is 14.7. The lowest BCUT2D eigenvalue weighted by atomic mass is 10.1. The van der Waals surface area contributed by atoms with E-state index in [9.17, 15) is 9.59 Å². The number of rotatable bonds is 6. The van der Waals surface area contributed by atoms with Crippen molar-refractivity contribution in [3.8, 4) is 0 Å². The van der Waals surface area contributed by atoms with E-state index in [2.05, 4.69) is 4.90 Å². The summed E-state index contributed by atoms with van der Waals surface area (Å²) in [6, 6.07) is 16.5. The molecular weight excluding hydrogens is 348 g/mol. The maximum absolute atomic E-state index is 12.5. The van der Waals surface area contributed by atoms with E-state index in [1.165, 1.54) is 0 Å². The Labute approximate surface area is 159 Å². The molecule has 0 spiro atoms. The summed E-state index contributed by atoms with van der Waals surface area (Å²) in [6.45, 7) is 4.02. The number of amides is 1. The second kappa shape index (κ2) is 8.97. The van der Waals surface area contributed by atoms with Crippen LogP contribution in [0.3, 0.4) is 0 Å². The van der Waals surface area contributed by atoms with Gasteiger partial charge in [0, 0.05) is 48.7 Å². The second-order valence-corrected chi connectivity index (χ2v) is 6.97. The monoisotopic (exact) mass is 370 g/mol. The molecule has 1 amide bonds. The predicted octanol–water partition coefficient (Wildman–Crippen LogP) is 3.76. The van der Waals surface area contributed by atoms with Crippen LogP contribution in [0.1, 0.15) is 33.6 Å². The third-order valence-corrected chi connectivity index (χ3v) is 4.98. The maximum Gasteiger partial charge on any atom is 0.253 e. The van der Waals surface area contributed by atoms with E-state index in [0.29, 0.717) is 30.1 Å². The van der Waals surface area contributed by atoms with Crippen molar-refractivity contribution in [1.82, 2.24) is 9.80 Å². The molecule has 136 valence electrons. The highest BCUT2D eigenvalue weighted by Crippen LogP contribution is 2.14. The van der Waals surface area contributed by atoms with E-state index in [-0.39, 0.29) is 11.7 Å². The number of piperazine rings is 1. The summed E-state index contributed by atoms with van der Waals surface area (Å²) < 4.78 is 0. The SMILES string of the molecule is O=C(CCCN1CCN(C(=O)c2ccc(Cl)cc2)CC1)c1ccccc1. The molecule has 26 heavy (non-hydrogen) atoms. The minimum absolute atomic E-state index is 0.0561. The molecule has 1 aliphatic heterocycles. The second-order valence-electron chi connectivity index (χ2n) is 6.53. The van der Waals surface area contributed by atoms with Gasteiger partial charge in [0.05, 0.1) is 0 Å². The van der Waals surface area contributed by atoms with E-state index in [0.717, 1.165) is 31.6 Å². The standard InChI is InChI=1S/C21H23ClN2O2/c22-19-10-8-18(9-11-19)21(26)24-15-13-23(14-16-24)12-4-7-20(25)17-5-2-1-3-6-17/h1-3,5-6,8-11H,4,7,12-16H2. The molecule has 1 fully saturated rings. The van der Waals surface area contributed by atoms with Crippen molar-refractivity contribution in [2.45, 2.75) is 12.8 Å². The van der Waals surface area contributed by atoms with Crippen LogP contribution in [0.4, 0.5) is 0 Å². The lowest BCUT2D eigenvalue weighted by Gasteiger charge is -2.34. The van der Waals surface area contributed by atoms with Gasteiger partial charge in [0.15, 0.2) is 5.78 Å². The molecule has 1 saturated heterocycles. The first-order valence-electron chi connectivity index (χ1n) is 8.99. The highest BCUT2D eigenvalue weighted by Gasteiger charge is 2.22. The molecule has 0 unspecified atom stereocenters. The normalized spacial score (nSPS) is 15.0. The van der Waals surface area contributed by atoms with Gasteiger partial charge in [0.1, 0.15) is 0 Å². The number of carbonyl (C=O) groups is 2. The molecule has 1 heterocycles. The summed E-state index contributed by atoms with van der Waals surface area (Å²) in [5, 5.41) is 0.636. The van der Waals surface area contributed by atoms with Crippen LogP contribution in [0.5, 0.6) is 0 Å². The van der Waals surface area contributed by atoms with Gasteiger partial charge >= 0.3 is 0 Å². The van der Waals surface area contributed by atoms with Gasteiger partial charge in [-0.3, -0.25) is 14.5 Å². The largest absolute Gasteiger partial charge is 0.336 e. The van der Waals surface area contributed by atoms with Gasteiger partial charge < -0.3 is 4.90 Å². The van der Waals surface area contributed by atoms with Crippen molar-refractivity contribution >= 4 is 23.3 Å². The van der Waals surface area contributed by atoms with Crippen LogP contribution in [0.2, 0.25) is 5.02 Å². The number of ketones is 1. The molecule has 0 saturated carbocycles. The van der Waals surface area contributed by atoms with Gasteiger partial charge in [-0.05, 0) is 37.2 Å². The van der Waals surface area contributed by atoms with Gasteiger partial charge in [0.25, 0.3) is 5.91 Å². The molecule has 3 rings (SSSR count). The molecule has 2 aromatic carbocycles. The first kappa shape index (κ1) is 18.6. The lowest BCUT2D eigenvalue weighted by molar-refractivity contribution is 0.0635. The lowest BCUT2D eigenvalue weighted by Crippen LogP contribution is -2.48. The predicted molar refractivity (Wildman–Crippen MR) is 104 cm³/mol. The van der Waals surface area contributed by atoms with Crippen LogP contribution in [-0.4, -0.2) is 54.2 Å². The molecule has 2 aromatic rings. The molecule has 0 aliphatic carbocycles. The average Bonchev–Trinajstić information content (AvgIpc) is 2.69. The van der Waals surface area contributed by atoms with Crippen LogP contribution in [0, 0.1) is 0 Å². The Bertz CT molecular complexity index is 738. The number of halogens is 1. The molecule has 4 nitrogen and oxygen atoms in total. The molecule has 1 aliphatic rings. The van der Waals surface area contributed by atoms with E-state index < -0.39 is 0 Å². The summed E-state index contributed by atoms with van der Waals surface area (Å²) in [5.41, 5.74) is 1.46. The number of hydrogen-bond acceptors (Lipinski definition) is 3. The molecule has 0 atom stereocenters. The van der Waals surface area contributed by atoms with Crippen molar-refractivity contribution in [3.63, 3.8) is 0 Å². The summed E-state index contributed by atoms with van der Waals surface area (Å²) in [7, 11) is 0. The van der Waals surface area contributed by atoms with E-state index in [1.807, 2.05) is 35.2 Å². The molecule has 0 aromatic heterocycles. The third-order valence-electron chi connectivity index (χ3n) is 4.72. The minimum atomic E-state index is 0.0561. The Balaban J connectivity index is 1.40. The van der Waals surface area contributed by atoms with Crippen LogP contribution in [0.15, 0.2) is 54.6 Å². The molecular formula is C21H23ClN2O2. The highest BCUT2D eigenvalue weighted by molar-refractivity contribution is 6.30. The highest BCUT2D eigenvalue weighted by atomic mass is 35.5. The van der Waals surface area contributed by atoms with Gasteiger partial charge in [0.2, 0.25) is 0 Å². The zero-order chi connectivity index (χ0) is 18.4. The number of benzene rings is 2. The van der Waals surface area contributed by atoms with Crippen LogP contribution in [-0.2, 0) is 0 Å². The molecule has 0 bridgehead atoms. The molecule has 0 N–H and O–H groups in total. The number of hydrogen-bond donors (Lipinski definition) is 0. The van der Waals surface area contributed by atoms with Crippen molar-refractivity contribution in [2.24, 2.45) is 0 Å². The Morgan fingerprint density at radius 2 is 1.50 bits per heavy atom. The number of carbonyl (C=O) groups excluding carboxylic acids is 2. The Hall–Kier alpha value is -2.17. The van der Waals surface area contributed by atoms with Crippen molar-refractivity contribution in [2.75, 3.05) is 32.7 Å². The summed E-state index contributed by atoms with van der Waals surface area (Å²) >= 11 is 5.88. The summed E-state index contributed by atoms with van der Waals surface area (Å²) in [5.74, 6) is 0.253. The first-order valence-corrected chi connectivity index (χ1v) is 9.37. The third kappa shape index (κ3) is 4.93. The average molecular weight is 371 g/mol. The summed E-state index contributed by atoms with van der Waals surface area (Å²) in [6.07, 6.45) is 1.41. The van der Waals surface area contributed by atoms with Crippen molar-refractivity contribution in [3.05, 3.63) is 70.7 Å². The smallest absolute Gasteiger partial charge is 0.253 e. The first-order chi connectivity index (χ1) is 12.6. The fraction of sp³-hybridized carbons (Fsp3) is 0.333. The maximum atomic E-state index is 12.5. The van der Waals surface area contributed by atoms with Gasteiger partial charge in [-0.1, -0.05) is 41.9 Å². The van der Waals surface area contributed by atoms with Crippen LogP contribution in [0.25, 0.3) is 0 Å². The van der Waals surface area contributed by atoms with Gasteiger partial charge in [-0.15, -0.1) is 0 Å². The Morgan fingerprint density at radius 1 is 0.846 bits per heavy atom. The Morgan fingerprint density at radius 3 is 2.15 bits per heavy atom. The fourth-order valence-corrected chi connectivity index (χ4v) is 3.31. The quantitative estimate of drug-likeness (QED) is 0.727. The fourth-order valence-electron chi connectivity index (χ4n) is 3.18. The van der Waals surface area contributed by atoms with E-state index in [1.54, 1.807) is 24.3 Å². The van der Waals surface area contributed by atoms with Crippen LogP contribution >= 0.6 is 11.6 Å². The van der Waals surface area contributed by atoms with Gasteiger partial charge in [-0.2, -0.15) is 0 Å². The topological polar surface area (TPSA) is 40.6 Å². The molecule has 0 radical (unpaired) electrons. The van der Waals surface area contributed by atoms with Crippen molar-refractivity contribution < 1.29 is 9.59 Å². The minimum Gasteiger partial charge on any atom is -0.336 e. The molecule has 5 heteroatoms. The van der Waals surface area contributed by atoms with E-state index >= 15 is 0 Å².